The number of hydrogen-bond donors (Lipinski definition) is 1. The van der Waals surface area contributed by atoms with Crippen molar-refractivity contribution in [2.24, 2.45) is 0 Å². The van der Waals surface area contributed by atoms with Gasteiger partial charge in [0.2, 0.25) is 0 Å². The Balaban J connectivity index is 1.47. The lowest BCUT2D eigenvalue weighted by Gasteiger charge is -2.26. The molecule has 3 rings (SSSR count). The van der Waals surface area contributed by atoms with Gasteiger partial charge in [-0.1, -0.05) is 0 Å². The van der Waals surface area contributed by atoms with Gasteiger partial charge >= 0.3 is 0 Å². The molecule has 2 aromatic rings. The van der Waals surface area contributed by atoms with Gasteiger partial charge < -0.3 is 5.32 Å². The highest BCUT2D eigenvalue weighted by Gasteiger charge is 2.17. The monoisotopic (exact) mass is 331 g/mol. The van der Waals surface area contributed by atoms with E-state index < -0.39 is 4.92 Å². The molecule has 1 N–H and O–H groups in total. The van der Waals surface area contributed by atoms with E-state index in [1.807, 2.05) is 11.3 Å². The maximum Gasteiger partial charge on any atom is 0.269 e. The Bertz CT molecular complexity index is 712. The molecule has 0 unspecified atom stereocenters. The molecule has 120 valence electrons. The van der Waals surface area contributed by atoms with Gasteiger partial charge in [-0.3, -0.25) is 19.8 Å². The van der Waals surface area contributed by atoms with Gasteiger partial charge in [0, 0.05) is 48.8 Å². The Morgan fingerprint density at radius 1 is 1.30 bits per heavy atom. The van der Waals surface area contributed by atoms with E-state index in [0.717, 1.165) is 26.1 Å². The summed E-state index contributed by atoms with van der Waals surface area (Å²) in [6.45, 7) is 3.32. The van der Waals surface area contributed by atoms with E-state index in [1.165, 1.54) is 34.7 Å². The molecule has 0 aliphatic carbocycles. The quantitative estimate of drug-likeness (QED) is 0.674. The number of nitro groups is 1. The number of carbonyl (C=O) groups excluding carboxylic acids is 1. The van der Waals surface area contributed by atoms with Crippen LogP contribution in [0.25, 0.3) is 0 Å². The maximum atomic E-state index is 12.0. The molecule has 23 heavy (non-hydrogen) atoms. The molecule has 0 radical (unpaired) electrons. The summed E-state index contributed by atoms with van der Waals surface area (Å²) in [5, 5.41) is 15.6. The van der Waals surface area contributed by atoms with Crippen molar-refractivity contribution < 1.29 is 9.72 Å². The van der Waals surface area contributed by atoms with Crippen LogP contribution in [-0.2, 0) is 13.0 Å². The minimum absolute atomic E-state index is 0.0126. The van der Waals surface area contributed by atoms with Gasteiger partial charge in [-0.05, 0) is 35.6 Å². The minimum atomic E-state index is -0.475. The van der Waals surface area contributed by atoms with Gasteiger partial charge in [-0.15, -0.1) is 11.3 Å². The summed E-state index contributed by atoms with van der Waals surface area (Å²) in [5.74, 6) is -0.201. The summed E-state index contributed by atoms with van der Waals surface area (Å²) in [7, 11) is 0. The molecule has 0 fully saturated rings. The average Bonchev–Trinajstić information content (AvgIpc) is 3.02. The van der Waals surface area contributed by atoms with Crippen molar-refractivity contribution in [2.75, 3.05) is 19.6 Å². The largest absolute Gasteiger partial charge is 0.351 e. The fraction of sp³-hybridized carbons (Fsp3) is 0.312. The Hall–Kier alpha value is -2.25. The lowest BCUT2D eigenvalue weighted by molar-refractivity contribution is -0.384. The highest BCUT2D eigenvalue weighted by molar-refractivity contribution is 7.10. The SMILES string of the molecule is O=C(NCCN1CCc2sccc2C1)c1ccc([N+](=O)[O-])cc1. The number of nitrogens with zero attached hydrogens (tertiary/aromatic N) is 2. The molecule has 0 spiro atoms. The Morgan fingerprint density at radius 3 is 2.83 bits per heavy atom. The van der Waals surface area contributed by atoms with E-state index in [-0.39, 0.29) is 11.6 Å². The number of hydrogen-bond acceptors (Lipinski definition) is 5. The molecule has 1 aromatic heterocycles. The number of rotatable bonds is 5. The molecule has 7 heteroatoms. The lowest BCUT2D eigenvalue weighted by atomic mass is 10.1. The summed E-state index contributed by atoms with van der Waals surface area (Å²) in [5.41, 5.74) is 1.82. The van der Waals surface area contributed by atoms with Crippen LogP contribution in [0.15, 0.2) is 35.7 Å². The third-order valence-electron chi connectivity index (χ3n) is 3.94. The molecular formula is C16H17N3O3S. The van der Waals surface area contributed by atoms with Gasteiger partial charge in [0.25, 0.3) is 11.6 Å². The number of carbonyl (C=O) groups is 1. The van der Waals surface area contributed by atoms with E-state index in [9.17, 15) is 14.9 Å². The van der Waals surface area contributed by atoms with Gasteiger partial charge in [0.15, 0.2) is 0 Å². The molecule has 6 nitrogen and oxygen atoms in total. The fourth-order valence-corrected chi connectivity index (χ4v) is 3.55. The Morgan fingerprint density at radius 2 is 2.09 bits per heavy atom. The third-order valence-corrected chi connectivity index (χ3v) is 4.96. The molecule has 1 aliphatic rings. The molecule has 0 bridgehead atoms. The summed E-state index contributed by atoms with van der Waals surface area (Å²) < 4.78 is 0. The molecular weight excluding hydrogens is 314 g/mol. The number of thiophene rings is 1. The van der Waals surface area contributed by atoms with E-state index in [0.29, 0.717) is 12.1 Å². The fourth-order valence-electron chi connectivity index (χ4n) is 2.66. The normalized spacial score (nSPS) is 14.3. The van der Waals surface area contributed by atoms with Gasteiger partial charge in [-0.25, -0.2) is 0 Å². The van der Waals surface area contributed by atoms with Gasteiger partial charge in [0.1, 0.15) is 0 Å². The number of nitro benzene ring substituents is 1. The Labute approximate surface area is 137 Å². The second kappa shape index (κ2) is 6.89. The van der Waals surface area contributed by atoms with Crippen LogP contribution in [-0.4, -0.2) is 35.4 Å². The summed E-state index contributed by atoms with van der Waals surface area (Å²) >= 11 is 1.81. The van der Waals surface area contributed by atoms with Crippen molar-refractivity contribution in [3.8, 4) is 0 Å². The number of amides is 1. The van der Waals surface area contributed by atoms with Crippen LogP contribution < -0.4 is 5.32 Å². The summed E-state index contributed by atoms with van der Waals surface area (Å²) in [6, 6.07) is 7.81. The van der Waals surface area contributed by atoms with E-state index in [4.69, 9.17) is 0 Å². The van der Waals surface area contributed by atoms with Crippen molar-refractivity contribution in [2.45, 2.75) is 13.0 Å². The van der Waals surface area contributed by atoms with E-state index in [1.54, 1.807) is 0 Å². The number of fused-ring (bicyclic) bond motifs is 1. The highest BCUT2D eigenvalue weighted by Crippen LogP contribution is 2.23. The average molecular weight is 331 g/mol. The second-order valence-electron chi connectivity index (χ2n) is 5.46. The van der Waals surface area contributed by atoms with Crippen LogP contribution in [0.3, 0.4) is 0 Å². The molecule has 1 amide bonds. The van der Waals surface area contributed by atoms with Crippen LogP contribution in [0, 0.1) is 10.1 Å². The zero-order chi connectivity index (χ0) is 16.2. The van der Waals surface area contributed by atoms with Crippen molar-refractivity contribution in [3.63, 3.8) is 0 Å². The minimum Gasteiger partial charge on any atom is -0.351 e. The highest BCUT2D eigenvalue weighted by atomic mass is 32.1. The molecule has 1 aliphatic heterocycles. The first-order valence-corrected chi connectivity index (χ1v) is 8.32. The molecule has 0 saturated carbocycles. The van der Waals surface area contributed by atoms with E-state index >= 15 is 0 Å². The van der Waals surface area contributed by atoms with Gasteiger partial charge in [0.05, 0.1) is 4.92 Å². The predicted octanol–water partition coefficient (Wildman–Crippen LogP) is 2.44. The van der Waals surface area contributed by atoms with Crippen LogP contribution in [0.2, 0.25) is 0 Å². The predicted molar refractivity (Wildman–Crippen MR) is 88.7 cm³/mol. The zero-order valence-electron chi connectivity index (χ0n) is 12.5. The second-order valence-corrected chi connectivity index (χ2v) is 6.46. The van der Waals surface area contributed by atoms with Crippen LogP contribution >= 0.6 is 11.3 Å². The molecule has 0 saturated heterocycles. The summed E-state index contributed by atoms with van der Waals surface area (Å²) in [6.07, 6.45) is 1.07. The van der Waals surface area contributed by atoms with Crippen LogP contribution in [0.1, 0.15) is 20.8 Å². The smallest absolute Gasteiger partial charge is 0.269 e. The molecule has 2 heterocycles. The first kappa shape index (κ1) is 15.6. The van der Waals surface area contributed by atoms with Gasteiger partial charge in [-0.2, -0.15) is 0 Å². The molecule has 1 aromatic carbocycles. The number of benzene rings is 1. The first-order chi connectivity index (χ1) is 11.1. The lowest BCUT2D eigenvalue weighted by Crippen LogP contribution is -2.37. The molecule has 0 atom stereocenters. The Kier molecular flexibility index (Phi) is 4.68. The maximum absolute atomic E-state index is 12.0. The van der Waals surface area contributed by atoms with Crippen LogP contribution in [0.4, 0.5) is 5.69 Å². The van der Waals surface area contributed by atoms with Crippen LogP contribution in [0.5, 0.6) is 0 Å². The summed E-state index contributed by atoms with van der Waals surface area (Å²) in [4.78, 5) is 25.9. The zero-order valence-corrected chi connectivity index (χ0v) is 13.3. The van der Waals surface area contributed by atoms with Crippen molar-refractivity contribution in [3.05, 3.63) is 61.8 Å². The standard InChI is InChI=1S/C16H17N3O3S/c20-16(12-1-3-14(4-2-12)19(21)22)17-7-9-18-8-5-15-13(11-18)6-10-23-15/h1-4,6,10H,5,7-9,11H2,(H,17,20). The first-order valence-electron chi connectivity index (χ1n) is 7.44. The third kappa shape index (κ3) is 3.75. The number of non-ortho nitro benzene ring substituents is 1. The van der Waals surface area contributed by atoms with Crippen molar-refractivity contribution in [1.82, 2.24) is 10.2 Å². The van der Waals surface area contributed by atoms with Crippen molar-refractivity contribution >= 4 is 22.9 Å². The van der Waals surface area contributed by atoms with Crippen molar-refractivity contribution in [1.29, 1.82) is 0 Å². The van der Waals surface area contributed by atoms with E-state index in [2.05, 4.69) is 21.7 Å². The number of nitrogens with one attached hydrogen (secondary N) is 1. The topological polar surface area (TPSA) is 75.5 Å².